The van der Waals surface area contributed by atoms with E-state index >= 15 is 0 Å². The average Bonchev–Trinajstić information content (AvgIpc) is 2.17. The van der Waals surface area contributed by atoms with Crippen molar-refractivity contribution in [1.29, 1.82) is 0 Å². The van der Waals surface area contributed by atoms with Crippen molar-refractivity contribution in [3.63, 3.8) is 0 Å². The molecule has 2 nitrogen and oxygen atoms in total. The summed E-state index contributed by atoms with van der Waals surface area (Å²) in [5, 5.41) is 4.02. The van der Waals surface area contributed by atoms with Gasteiger partial charge in [0.05, 0.1) is 6.61 Å². The molecule has 1 unspecified atom stereocenters. The topological polar surface area (TPSA) is 21.3 Å². The highest BCUT2D eigenvalue weighted by molar-refractivity contribution is 6.30. The van der Waals surface area contributed by atoms with Crippen molar-refractivity contribution in [3.8, 4) is 5.75 Å². The minimum absolute atomic E-state index is 0.377. The number of halogens is 1. The predicted octanol–water partition coefficient (Wildman–Crippen LogP) is 2.38. The Hall–Kier alpha value is -0.730. The molecule has 1 aliphatic rings. The first-order valence-corrected chi connectivity index (χ1v) is 4.78. The number of hydrogen-bond donors (Lipinski definition) is 1. The fourth-order valence-electron chi connectivity index (χ4n) is 1.67. The number of ether oxygens (including phenoxy) is 1. The van der Waals surface area contributed by atoms with Crippen molar-refractivity contribution in [3.05, 3.63) is 28.8 Å². The van der Waals surface area contributed by atoms with Gasteiger partial charge in [0.2, 0.25) is 0 Å². The standard InChI is InChI=1S/C10H12ClNO/c1-12-9-4-5-13-10-3-2-7(11)6-8(9)10/h2-3,6,9,12H,4-5H2,1H3. The molecule has 0 spiro atoms. The maximum Gasteiger partial charge on any atom is 0.124 e. The molecule has 0 aliphatic carbocycles. The van der Waals surface area contributed by atoms with Gasteiger partial charge < -0.3 is 10.1 Å². The number of hydrogen-bond acceptors (Lipinski definition) is 2. The van der Waals surface area contributed by atoms with Crippen molar-refractivity contribution in [2.45, 2.75) is 12.5 Å². The lowest BCUT2D eigenvalue weighted by molar-refractivity contribution is 0.257. The first-order chi connectivity index (χ1) is 6.31. The van der Waals surface area contributed by atoms with Crippen LogP contribution in [0.2, 0.25) is 5.02 Å². The average molecular weight is 198 g/mol. The molecule has 0 amide bonds. The minimum Gasteiger partial charge on any atom is -0.493 e. The fourth-order valence-corrected chi connectivity index (χ4v) is 1.85. The van der Waals surface area contributed by atoms with Crippen LogP contribution in [0.1, 0.15) is 18.0 Å². The van der Waals surface area contributed by atoms with E-state index in [0.29, 0.717) is 6.04 Å². The number of nitrogens with one attached hydrogen (secondary N) is 1. The van der Waals surface area contributed by atoms with Crippen LogP contribution in [-0.4, -0.2) is 13.7 Å². The lowest BCUT2D eigenvalue weighted by Crippen LogP contribution is -2.23. The third kappa shape index (κ3) is 1.64. The van der Waals surface area contributed by atoms with Crippen LogP contribution in [0.25, 0.3) is 0 Å². The number of benzene rings is 1. The van der Waals surface area contributed by atoms with Crippen LogP contribution < -0.4 is 10.1 Å². The van der Waals surface area contributed by atoms with Gasteiger partial charge in [-0.3, -0.25) is 0 Å². The molecule has 13 heavy (non-hydrogen) atoms. The van der Waals surface area contributed by atoms with E-state index in [1.807, 2.05) is 25.2 Å². The normalized spacial score (nSPS) is 20.6. The Morgan fingerprint density at radius 3 is 3.15 bits per heavy atom. The Labute approximate surface area is 82.9 Å². The molecule has 1 aliphatic heterocycles. The summed E-state index contributed by atoms with van der Waals surface area (Å²) in [5.74, 6) is 0.954. The quantitative estimate of drug-likeness (QED) is 0.747. The van der Waals surface area contributed by atoms with Crippen LogP contribution in [0, 0.1) is 0 Å². The Morgan fingerprint density at radius 2 is 2.38 bits per heavy atom. The molecule has 0 saturated carbocycles. The summed E-state index contributed by atoms with van der Waals surface area (Å²) >= 11 is 5.92. The van der Waals surface area contributed by atoms with Crippen LogP contribution in [0.5, 0.6) is 5.75 Å². The van der Waals surface area contributed by atoms with E-state index in [2.05, 4.69) is 5.32 Å². The lowest BCUT2D eigenvalue weighted by atomic mass is 10.0. The van der Waals surface area contributed by atoms with Gasteiger partial charge in [0, 0.05) is 23.0 Å². The smallest absolute Gasteiger partial charge is 0.124 e. The number of rotatable bonds is 1. The molecule has 3 heteroatoms. The molecule has 1 heterocycles. The molecule has 0 aromatic heterocycles. The Balaban J connectivity index is 2.41. The molecule has 0 radical (unpaired) electrons. The van der Waals surface area contributed by atoms with Gasteiger partial charge in [-0.2, -0.15) is 0 Å². The minimum atomic E-state index is 0.377. The number of fused-ring (bicyclic) bond motifs is 1. The Bertz CT molecular complexity index is 314. The summed E-state index contributed by atoms with van der Waals surface area (Å²) in [6.45, 7) is 0.778. The second-order valence-electron chi connectivity index (χ2n) is 3.16. The molecule has 0 bridgehead atoms. The largest absolute Gasteiger partial charge is 0.493 e. The van der Waals surface area contributed by atoms with Gasteiger partial charge in [0.1, 0.15) is 5.75 Å². The maximum absolute atomic E-state index is 5.92. The van der Waals surface area contributed by atoms with E-state index < -0.39 is 0 Å². The molecule has 1 aromatic rings. The lowest BCUT2D eigenvalue weighted by Gasteiger charge is -2.25. The Kier molecular flexibility index (Phi) is 2.42. The van der Waals surface area contributed by atoms with Crippen molar-refractivity contribution in [2.24, 2.45) is 0 Å². The molecule has 0 fully saturated rings. The van der Waals surface area contributed by atoms with Crippen molar-refractivity contribution >= 4 is 11.6 Å². The molecule has 0 saturated heterocycles. The zero-order valence-electron chi connectivity index (χ0n) is 7.51. The van der Waals surface area contributed by atoms with Gasteiger partial charge in [-0.05, 0) is 25.2 Å². The van der Waals surface area contributed by atoms with Gasteiger partial charge in [0.15, 0.2) is 0 Å². The summed E-state index contributed by atoms with van der Waals surface area (Å²) in [6, 6.07) is 6.14. The van der Waals surface area contributed by atoms with E-state index in [4.69, 9.17) is 16.3 Å². The zero-order valence-corrected chi connectivity index (χ0v) is 8.27. The van der Waals surface area contributed by atoms with Crippen molar-refractivity contribution in [2.75, 3.05) is 13.7 Å². The highest BCUT2D eigenvalue weighted by Crippen LogP contribution is 2.33. The highest BCUT2D eigenvalue weighted by atomic mass is 35.5. The molecule has 2 rings (SSSR count). The summed E-state index contributed by atoms with van der Waals surface area (Å²) < 4.78 is 5.51. The molecular formula is C10H12ClNO. The predicted molar refractivity (Wildman–Crippen MR) is 53.4 cm³/mol. The summed E-state index contributed by atoms with van der Waals surface area (Å²) in [4.78, 5) is 0. The molecular weight excluding hydrogens is 186 g/mol. The summed E-state index contributed by atoms with van der Waals surface area (Å²) in [7, 11) is 1.96. The second-order valence-corrected chi connectivity index (χ2v) is 3.60. The molecule has 70 valence electrons. The van der Waals surface area contributed by atoms with Crippen LogP contribution >= 0.6 is 11.6 Å². The van der Waals surface area contributed by atoms with Crippen LogP contribution in [0.4, 0.5) is 0 Å². The SMILES string of the molecule is CNC1CCOc2ccc(Cl)cc21. The first kappa shape index (κ1) is 8.85. The maximum atomic E-state index is 5.92. The molecule has 1 atom stereocenters. The molecule has 1 N–H and O–H groups in total. The van der Waals surface area contributed by atoms with E-state index in [0.717, 1.165) is 23.8 Å². The monoisotopic (exact) mass is 197 g/mol. The van der Waals surface area contributed by atoms with Crippen molar-refractivity contribution in [1.82, 2.24) is 5.32 Å². The van der Waals surface area contributed by atoms with Crippen LogP contribution in [0.15, 0.2) is 18.2 Å². The van der Waals surface area contributed by atoms with Gasteiger partial charge in [-0.25, -0.2) is 0 Å². The summed E-state index contributed by atoms with van der Waals surface area (Å²) in [5.41, 5.74) is 1.17. The summed E-state index contributed by atoms with van der Waals surface area (Å²) in [6.07, 6.45) is 1.00. The molecule has 1 aromatic carbocycles. The van der Waals surface area contributed by atoms with Crippen LogP contribution in [-0.2, 0) is 0 Å². The van der Waals surface area contributed by atoms with E-state index in [1.54, 1.807) is 0 Å². The van der Waals surface area contributed by atoms with Crippen LogP contribution in [0.3, 0.4) is 0 Å². The van der Waals surface area contributed by atoms with Gasteiger partial charge in [-0.1, -0.05) is 11.6 Å². The third-order valence-corrected chi connectivity index (χ3v) is 2.59. The van der Waals surface area contributed by atoms with Crippen molar-refractivity contribution < 1.29 is 4.74 Å². The van der Waals surface area contributed by atoms with Gasteiger partial charge in [-0.15, -0.1) is 0 Å². The Morgan fingerprint density at radius 1 is 1.54 bits per heavy atom. The van der Waals surface area contributed by atoms with Gasteiger partial charge >= 0.3 is 0 Å². The van der Waals surface area contributed by atoms with E-state index in [-0.39, 0.29) is 0 Å². The highest BCUT2D eigenvalue weighted by Gasteiger charge is 2.19. The first-order valence-electron chi connectivity index (χ1n) is 4.41. The third-order valence-electron chi connectivity index (χ3n) is 2.36. The van der Waals surface area contributed by atoms with Gasteiger partial charge in [0.25, 0.3) is 0 Å². The second kappa shape index (κ2) is 3.56. The van der Waals surface area contributed by atoms with E-state index in [9.17, 15) is 0 Å². The zero-order chi connectivity index (χ0) is 9.26. The fraction of sp³-hybridized carbons (Fsp3) is 0.400. The van der Waals surface area contributed by atoms with E-state index in [1.165, 1.54) is 5.56 Å².